The van der Waals surface area contributed by atoms with Crippen LogP contribution >= 0.6 is 11.6 Å². The Bertz CT molecular complexity index is 1020. The fraction of sp³-hybridized carbons (Fsp3) is 0.333. The monoisotopic (exact) mass is 424 g/mol. The summed E-state index contributed by atoms with van der Waals surface area (Å²) in [5, 5.41) is 3.58. The van der Waals surface area contributed by atoms with Crippen LogP contribution in [0.4, 0.5) is 5.69 Å². The molecule has 1 aliphatic heterocycles. The summed E-state index contributed by atoms with van der Waals surface area (Å²) < 4.78 is 5.96. The molecular weight excluding hydrogens is 400 g/mol. The van der Waals surface area contributed by atoms with Gasteiger partial charge in [0.25, 0.3) is 5.91 Å². The van der Waals surface area contributed by atoms with Crippen molar-refractivity contribution in [3.05, 3.63) is 64.4 Å². The molecular formula is C24H25ClN2O3. The van der Waals surface area contributed by atoms with Crippen LogP contribution in [-0.4, -0.2) is 24.4 Å². The van der Waals surface area contributed by atoms with Gasteiger partial charge in [0.05, 0.1) is 5.69 Å². The van der Waals surface area contributed by atoms with Gasteiger partial charge in [-0.05, 0) is 59.7 Å². The molecule has 0 spiro atoms. The lowest BCUT2D eigenvalue weighted by molar-refractivity contribution is -0.123. The molecule has 1 N–H and O–H groups in total. The van der Waals surface area contributed by atoms with Crippen LogP contribution in [0.15, 0.2) is 48.2 Å². The zero-order valence-corrected chi connectivity index (χ0v) is 18.1. The van der Waals surface area contributed by atoms with Crippen molar-refractivity contribution < 1.29 is 14.3 Å². The van der Waals surface area contributed by atoms with Crippen LogP contribution in [0.2, 0.25) is 5.02 Å². The fourth-order valence-electron chi connectivity index (χ4n) is 3.29. The summed E-state index contributed by atoms with van der Waals surface area (Å²) in [4.78, 5) is 27.3. The summed E-state index contributed by atoms with van der Waals surface area (Å²) in [5.41, 5.74) is 2.38. The third-order valence-corrected chi connectivity index (χ3v) is 5.46. The normalized spacial score (nSPS) is 17.5. The molecule has 0 radical (unpaired) electrons. The molecule has 1 saturated carbocycles. The van der Waals surface area contributed by atoms with Gasteiger partial charge in [-0.2, -0.15) is 0 Å². The first-order valence-corrected chi connectivity index (χ1v) is 10.5. The molecule has 0 saturated heterocycles. The van der Waals surface area contributed by atoms with E-state index < -0.39 is 0 Å². The second kappa shape index (κ2) is 7.80. The maximum atomic E-state index is 13.3. The molecule has 1 aliphatic carbocycles. The molecule has 2 aliphatic rings. The van der Waals surface area contributed by atoms with E-state index in [0.717, 1.165) is 24.0 Å². The molecule has 0 unspecified atom stereocenters. The van der Waals surface area contributed by atoms with Gasteiger partial charge < -0.3 is 10.1 Å². The summed E-state index contributed by atoms with van der Waals surface area (Å²) in [5.74, 6) is 0.231. The Morgan fingerprint density at radius 1 is 1.20 bits per heavy atom. The molecule has 2 amide bonds. The number of nitrogens with zero attached hydrogens (tertiary/aromatic N) is 1. The van der Waals surface area contributed by atoms with Crippen molar-refractivity contribution >= 4 is 35.2 Å². The third-order valence-electron chi connectivity index (χ3n) is 5.20. The van der Waals surface area contributed by atoms with Crippen LogP contribution < -0.4 is 15.0 Å². The number of hydrogen-bond acceptors (Lipinski definition) is 3. The lowest BCUT2D eigenvalue weighted by Gasteiger charge is -2.32. The third kappa shape index (κ3) is 4.51. The van der Waals surface area contributed by atoms with E-state index in [2.05, 4.69) is 26.1 Å². The molecule has 2 aromatic rings. The SMILES string of the molecule is CC(C)(C)c1ccc2c(c1)N(CC(=O)NC1CC1)C(=O)/C(=C\c1ccc(Cl)cc1)O2. The highest BCUT2D eigenvalue weighted by Gasteiger charge is 2.34. The Labute approximate surface area is 181 Å². The van der Waals surface area contributed by atoms with Crippen molar-refractivity contribution in [3.63, 3.8) is 0 Å². The minimum Gasteiger partial charge on any atom is -0.449 e. The number of rotatable bonds is 4. The van der Waals surface area contributed by atoms with E-state index in [1.165, 1.54) is 4.90 Å². The van der Waals surface area contributed by atoms with Crippen LogP contribution in [0.5, 0.6) is 5.75 Å². The number of fused-ring (bicyclic) bond motifs is 1. The zero-order chi connectivity index (χ0) is 21.5. The largest absolute Gasteiger partial charge is 0.449 e. The number of halogens is 1. The average Bonchev–Trinajstić information content (AvgIpc) is 3.49. The number of carbonyl (C=O) groups is 2. The minimum atomic E-state index is -0.338. The highest BCUT2D eigenvalue weighted by molar-refractivity contribution is 6.30. The van der Waals surface area contributed by atoms with Crippen molar-refractivity contribution in [1.82, 2.24) is 5.32 Å². The van der Waals surface area contributed by atoms with Gasteiger partial charge in [-0.3, -0.25) is 14.5 Å². The van der Waals surface area contributed by atoms with Crippen LogP contribution in [0.25, 0.3) is 6.08 Å². The average molecular weight is 425 g/mol. The second-order valence-corrected chi connectivity index (χ2v) is 9.26. The van der Waals surface area contributed by atoms with Gasteiger partial charge in [0.15, 0.2) is 11.5 Å². The Morgan fingerprint density at radius 2 is 1.90 bits per heavy atom. The summed E-state index contributed by atoms with van der Waals surface area (Å²) in [6.07, 6.45) is 3.66. The Morgan fingerprint density at radius 3 is 2.53 bits per heavy atom. The smallest absolute Gasteiger partial charge is 0.294 e. The second-order valence-electron chi connectivity index (χ2n) is 8.83. The van der Waals surface area contributed by atoms with Gasteiger partial charge >= 0.3 is 0 Å². The van der Waals surface area contributed by atoms with Gasteiger partial charge in [-0.15, -0.1) is 0 Å². The van der Waals surface area contributed by atoms with E-state index in [0.29, 0.717) is 16.5 Å². The summed E-state index contributed by atoms with van der Waals surface area (Å²) in [6, 6.07) is 13.2. The maximum absolute atomic E-state index is 13.3. The molecule has 0 atom stereocenters. The predicted molar refractivity (Wildman–Crippen MR) is 119 cm³/mol. The Hall–Kier alpha value is -2.79. The summed E-state index contributed by atoms with van der Waals surface area (Å²) in [7, 11) is 0. The lowest BCUT2D eigenvalue weighted by Crippen LogP contribution is -2.44. The van der Waals surface area contributed by atoms with Crippen molar-refractivity contribution in [2.75, 3.05) is 11.4 Å². The molecule has 0 bridgehead atoms. The molecule has 1 fully saturated rings. The highest BCUT2D eigenvalue weighted by Crippen LogP contribution is 2.39. The molecule has 0 aromatic heterocycles. The van der Waals surface area contributed by atoms with Crippen molar-refractivity contribution in [3.8, 4) is 5.75 Å². The van der Waals surface area contributed by atoms with E-state index in [1.807, 2.05) is 30.3 Å². The standard InChI is InChI=1S/C24H25ClN2O3/c1-24(2,3)16-6-11-20-19(13-16)27(14-22(28)26-18-9-10-18)23(29)21(30-20)12-15-4-7-17(25)8-5-15/h4-8,11-13,18H,9-10,14H2,1-3H3,(H,26,28)/b21-12+. The van der Waals surface area contributed by atoms with Crippen molar-refractivity contribution in [2.45, 2.75) is 45.1 Å². The molecule has 30 heavy (non-hydrogen) atoms. The van der Waals surface area contributed by atoms with Crippen LogP contribution in [0.3, 0.4) is 0 Å². The van der Waals surface area contributed by atoms with Gasteiger partial charge in [0.2, 0.25) is 5.91 Å². The lowest BCUT2D eigenvalue weighted by atomic mass is 9.86. The number of benzene rings is 2. The van der Waals surface area contributed by atoms with E-state index in [4.69, 9.17) is 16.3 Å². The first-order valence-electron chi connectivity index (χ1n) is 10.1. The number of ether oxygens (including phenoxy) is 1. The number of amides is 2. The van der Waals surface area contributed by atoms with E-state index in [-0.39, 0.29) is 35.6 Å². The summed E-state index contributed by atoms with van der Waals surface area (Å²) >= 11 is 5.96. The minimum absolute atomic E-state index is 0.0444. The van der Waals surface area contributed by atoms with Gasteiger partial charge in [-0.1, -0.05) is 50.6 Å². The Kier molecular flexibility index (Phi) is 5.33. The maximum Gasteiger partial charge on any atom is 0.294 e. The molecule has 1 heterocycles. The van der Waals surface area contributed by atoms with Crippen molar-refractivity contribution in [2.24, 2.45) is 0 Å². The molecule has 4 rings (SSSR count). The number of carbonyl (C=O) groups excluding carboxylic acids is 2. The number of nitrogens with one attached hydrogen (secondary N) is 1. The van der Waals surface area contributed by atoms with Crippen LogP contribution in [0.1, 0.15) is 44.7 Å². The van der Waals surface area contributed by atoms with Crippen LogP contribution in [-0.2, 0) is 15.0 Å². The molecule has 156 valence electrons. The van der Waals surface area contributed by atoms with Crippen molar-refractivity contribution in [1.29, 1.82) is 0 Å². The highest BCUT2D eigenvalue weighted by atomic mass is 35.5. The molecule has 2 aromatic carbocycles. The van der Waals surface area contributed by atoms with E-state index in [9.17, 15) is 9.59 Å². The molecule has 6 heteroatoms. The first kappa shape index (κ1) is 20.5. The number of hydrogen-bond donors (Lipinski definition) is 1. The predicted octanol–water partition coefficient (Wildman–Crippen LogP) is 4.68. The summed E-state index contributed by atoms with van der Waals surface area (Å²) in [6.45, 7) is 6.28. The van der Waals surface area contributed by atoms with E-state index in [1.54, 1.807) is 18.2 Å². The van der Waals surface area contributed by atoms with Crippen LogP contribution in [0, 0.1) is 0 Å². The zero-order valence-electron chi connectivity index (χ0n) is 17.4. The van der Waals surface area contributed by atoms with Gasteiger partial charge in [0, 0.05) is 11.1 Å². The quantitative estimate of drug-likeness (QED) is 0.725. The van der Waals surface area contributed by atoms with Gasteiger partial charge in [0.1, 0.15) is 6.54 Å². The topological polar surface area (TPSA) is 58.6 Å². The number of anilines is 1. The molecule has 5 nitrogen and oxygen atoms in total. The van der Waals surface area contributed by atoms with E-state index >= 15 is 0 Å². The Balaban J connectivity index is 1.71. The van der Waals surface area contributed by atoms with Gasteiger partial charge in [-0.25, -0.2) is 0 Å². The first-order chi connectivity index (χ1) is 14.2. The fourth-order valence-corrected chi connectivity index (χ4v) is 3.41.